The van der Waals surface area contributed by atoms with Gasteiger partial charge in [0.15, 0.2) is 0 Å². The number of aliphatic imine (C=N–C) groups is 1. The summed E-state index contributed by atoms with van der Waals surface area (Å²) in [6.07, 6.45) is 0.536. The lowest BCUT2D eigenvalue weighted by atomic mass is 10.1. The van der Waals surface area contributed by atoms with Gasteiger partial charge in [0.05, 0.1) is 16.4 Å². The number of para-hydroxylation sites is 1. The third-order valence-electron chi connectivity index (χ3n) is 6.35. The van der Waals surface area contributed by atoms with Crippen LogP contribution in [0.5, 0.6) is 0 Å². The van der Waals surface area contributed by atoms with Gasteiger partial charge in [0.25, 0.3) is 0 Å². The quantitative estimate of drug-likeness (QED) is 0.756. The number of rotatable bonds is 5. The molecule has 30 heavy (non-hydrogen) atoms. The van der Waals surface area contributed by atoms with Crippen LogP contribution in [0, 0.1) is 6.92 Å². The summed E-state index contributed by atoms with van der Waals surface area (Å²) < 4.78 is 2.06. The van der Waals surface area contributed by atoms with Crippen LogP contribution < -0.4 is 10.2 Å². The first kappa shape index (κ1) is 20.1. The molecule has 2 saturated heterocycles. The molecular formula is C22H30N6OS. The summed E-state index contributed by atoms with van der Waals surface area (Å²) in [4.78, 5) is 9.48. The number of piperazine rings is 1. The van der Waals surface area contributed by atoms with Crippen molar-refractivity contribution in [3.63, 3.8) is 0 Å². The molecule has 1 aromatic carbocycles. The zero-order valence-electron chi connectivity index (χ0n) is 17.4. The zero-order chi connectivity index (χ0) is 20.5. The van der Waals surface area contributed by atoms with Crippen molar-refractivity contribution in [2.24, 2.45) is 4.99 Å². The van der Waals surface area contributed by atoms with Crippen LogP contribution in [0.1, 0.15) is 12.1 Å². The maximum Gasteiger partial charge on any atom is 0.132 e. The van der Waals surface area contributed by atoms with E-state index in [0.717, 1.165) is 67.9 Å². The number of hydrogen-bond donors (Lipinski definition) is 2. The van der Waals surface area contributed by atoms with Crippen LogP contribution >= 0.6 is 11.8 Å². The lowest BCUT2D eigenvalue weighted by Crippen LogP contribution is -2.51. The Kier molecular flexibility index (Phi) is 5.82. The molecular weight excluding hydrogens is 396 g/mol. The highest BCUT2D eigenvalue weighted by molar-refractivity contribution is 8.14. The lowest BCUT2D eigenvalue weighted by molar-refractivity contribution is 0.174. The first-order valence-electron chi connectivity index (χ1n) is 10.9. The van der Waals surface area contributed by atoms with Gasteiger partial charge < -0.3 is 15.3 Å². The van der Waals surface area contributed by atoms with Gasteiger partial charge in [-0.2, -0.15) is 5.10 Å². The molecule has 0 spiro atoms. The van der Waals surface area contributed by atoms with Gasteiger partial charge in [-0.1, -0.05) is 18.2 Å². The van der Waals surface area contributed by atoms with Gasteiger partial charge in [0, 0.05) is 63.2 Å². The first-order chi connectivity index (χ1) is 14.7. The average Bonchev–Trinajstić information content (AvgIpc) is 3.55. The molecule has 7 nitrogen and oxygen atoms in total. The first-order valence-corrected chi connectivity index (χ1v) is 11.9. The Hall–Kier alpha value is -1.87. The SMILES string of the molecule is Cc1cc(N2CCN([C@@H]3CN[C@H](C(O)C4=NCCS4)C3)CC2)n(-c2ccccc2)n1. The molecule has 3 aliphatic heterocycles. The minimum atomic E-state index is -0.452. The van der Waals surface area contributed by atoms with E-state index in [-0.39, 0.29) is 6.04 Å². The largest absolute Gasteiger partial charge is 0.385 e. The Morgan fingerprint density at radius 3 is 2.70 bits per heavy atom. The molecule has 1 unspecified atom stereocenters. The summed E-state index contributed by atoms with van der Waals surface area (Å²) in [5, 5.41) is 19.8. The van der Waals surface area contributed by atoms with Crippen LogP contribution in [-0.2, 0) is 0 Å². The van der Waals surface area contributed by atoms with Crippen LogP contribution in [0.25, 0.3) is 5.69 Å². The smallest absolute Gasteiger partial charge is 0.132 e. The highest BCUT2D eigenvalue weighted by Crippen LogP contribution is 2.26. The number of nitrogens with zero attached hydrogens (tertiary/aromatic N) is 5. The summed E-state index contributed by atoms with van der Waals surface area (Å²) >= 11 is 1.70. The topological polar surface area (TPSA) is 68.9 Å². The molecule has 3 aliphatic rings. The van der Waals surface area contributed by atoms with Crippen LogP contribution in [0.3, 0.4) is 0 Å². The van der Waals surface area contributed by atoms with Crippen molar-refractivity contribution in [2.45, 2.75) is 31.5 Å². The third-order valence-corrected chi connectivity index (χ3v) is 7.41. The highest BCUT2D eigenvalue weighted by Gasteiger charge is 2.36. The maximum absolute atomic E-state index is 10.6. The highest BCUT2D eigenvalue weighted by atomic mass is 32.2. The second-order valence-electron chi connectivity index (χ2n) is 8.33. The lowest BCUT2D eigenvalue weighted by Gasteiger charge is -2.38. The standard InChI is InChI=1S/C22H30N6OS/c1-16-13-20(28(25-16)17-5-3-2-4-6-17)27-10-8-26(9-11-27)18-14-19(24-15-18)21(29)22-23-7-12-30-22/h2-6,13,18-19,21,24,29H,7-12,14-15H2,1H3/t18-,19-,21?/m0/s1. The van der Waals surface area contributed by atoms with E-state index in [0.29, 0.717) is 6.04 Å². The van der Waals surface area contributed by atoms with Crippen molar-refractivity contribution >= 4 is 22.6 Å². The minimum absolute atomic E-state index is 0.125. The van der Waals surface area contributed by atoms with Crippen molar-refractivity contribution in [1.29, 1.82) is 0 Å². The Morgan fingerprint density at radius 2 is 1.97 bits per heavy atom. The van der Waals surface area contributed by atoms with Gasteiger partial charge in [0.2, 0.25) is 0 Å². The molecule has 0 bridgehead atoms. The Labute approximate surface area is 182 Å². The molecule has 2 N–H and O–H groups in total. The van der Waals surface area contributed by atoms with E-state index in [1.165, 1.54) is 5.82 Å². The molecule has 2 aromatic rings. The third kappa shape index (κ3) is 4.01. The predicted octanol–water partition coefficient (Wildman–Crippen LogP) is 1.54. The molecule has 0 saturated carbocycles. The van der Waals surface area contributed by atoms with Crippen molar-refractivity contribution in [1.82, 2.24) is 20.0 Å². The minimum Gasteiger partial charge on any atom is -0.385 e. The van der Waals surface area contributed by atoms with Gasteiger partial charge >= 0.3 is 0 Å². The molecule has 1 aromatic heterocycles. The molecule has 3 atom stereocenters. The van der Waals surface area contributed by atoms with E-state index in [1.807, 2.05) is 6.07 Å². The van der Waals surface area contributed by atoms with Gasteiger partial charge in [-0.25, -0.2) is 4.68 Å². The number of aromatic nitrogens is 2. The monoisotopic (exact) mass is 426 g/mol. The van der Waals surface area contributed by atoms with E-state index in [4.69, 9.17) is 5.10 Å². The van der Waals surface area contributed by atoms with E-state index >= 15 is 0 Å². The van der Waals surface area contributed by atoms with Crippen molar-refractivity contribution < 1.29 is 5.11 Å². The Balaban J connectivity index is 1.21. The number of nitrogens with one attached hydrogen (secondary N) is 1. The summed E-state index contributed by atoms with van der Waals surface area (Å²) in [6, 6.07) is 13.2. The van der Waals surface area contributed by atoms with Crippen LogP contribution in [-0.4, -0.2) is 88.0 Å². The summed E-state index contributed by atoms with van der Waals surface area (Å²) in [6.45, 7) is 7.89. The summed E-state index contributed by atoms with van der Waals surface area (Å²) in [7, 11) is 0. The van der Waals surface area contributed by atoms with Crippen LogP contribution in [0.15, 0.2) is 41.4 Å². The predicted molar refractivity (Wildman–Crippen MR) is 123 cm³/mol. The van der Waals surface area contributed by atoms with E-state index in [2.05, 4.69) is 62.0 Å². The Bertz CT molecular complexity index is 892. The molecule has 160 valence electrons. The van der Waals surface area contributed by atoms with E-state index in [9.17, 15) is 5.11 Å². The summed E-state index contributed by atoms with van der Waals surface area (Å²) in [5.41, 5.74) is 2.15. The van der Waals surface area contributed by atoms with E-state index < -0.39 is 6.10 Å². The fraction of sp³-hybridized carbons (Fsp3) is 0.545. The molecule has 5 rings (SSSR count). The van der Waals surface area contributed by atoms with Crippen molar-refractivity contribution in [2.75, 3.05) is 49.9 Å². The number of aliphatic hydroxyl groups is 1. The second kappa shape index (κ2) is 8.70. The molecule has 2 fully saturated rings. The molecule has 4 heterocycles. The number of thioether (sulfide) groups is 1. The fourth-order valence-corrected chi connectivity index (χ4v) is 5.66. The van der Waals surface area contributed by atoms with Crippen molar-refractivity contribution in [3.05, 3.63) is 42.1 Å². The zero-order valence-corrected chi connectivity index (χ0v) is 18.3. The van der Waals surface area contributed by atoms with Gasteiger partial charge in [-0.3, -0.25) is 9.89 Å². The molecule has 8 heteroatoms. The van der Waals surface area contributed by atoms with Gasteiger partial charge in [-0.05, 0) is 25.5 Å². The normalized spacial score (nSPS) is 26.2. The Morgan fingerprint density at radius 1 is 1.17 bits per heavy atom. The molecule has 0 amide bonds. The maximum atomic E-state index is 10.6. The average molecular weight is 427 g/mol. The fourth-order valence-electron chi connectivity index (χ4n) is 4.76. The summed E-state index contributed by atoms with van der Waals surface area (Å²) in [5.74, 6) is 2.18. The molecule has 0 radical (unpaired) electrons. The number of aryl methyl sites for hydroxylation is 1. The second-order valence-corrected chi connectivity index (χ2v) is 9.45. The van der Waals surface area contributed by atoms with Crippen LogP contribution in [0.2, 0.25) is 0 Å². The number of anilines is 1. The van der Waals surface area contributed by atoms with Crippen LogP contribution in [0.4, 0.5) is 5.82 Å². The number of benzene rings is 1. The molecule has 0 aliphatic carbocycles. The number of hydrogen-bond acceptors (Lipinski definition) is 7. The van der Waals surface area contributed by atoms with Crippen molar-refractivity contribution in [3.8, 4) is 5.69 Å². The van der Waals surface area contributed by atoms with E-state index in [1.54, 1.807) is 11.8 Å². The van der Waals surface area contributed by atoms with Gasteiger partial charge in [-0.15, -0.1) is 11.8 Å². The number of aliphatic hydroxyl groups excluding tert-OH is 1. The van der Waals surface area contributed by atoms with Gasteiger partial charge in [0.1, 0.15) is 11.9 Å².